The quantitative estimate of drug-likeness (QED) is 0.529. The fourth-order valence-corrected chi connectivity index (χ4v) is 2.72. The second-order valence-corrected chi connectivity index (χ2v) is 6.50. The minimum Gasteiger partial charge on any atom is -0.463 e. The van der Waals surface area contributed by atoms with Crippen LogP contribution in [0.25, 0.3) is 17.0 Å². The Balaban J connectivity index is 1.84. The third kappa shape index (κ3) is 4.15. The van der Waals surface area contributed by atoms with Gasteiger partial charge in [-0.25, -0.2) is 0 Å². The molecule has 0 aliphatic carbocycles. The van der Waals surface area contributed by atoms with Crippen LogP contribution >= 0.6 is 11.6 Å². The molecule has 1 aromatic heterocycles. The van der Waals surface area contributed by atoms with Gasteiger partial charge in [-0.3, -0.25) is 14.4 Å². The number of carbonyl (C=O) groups excluding carboxylic acids is 2. The Morgan fingerprint density at radius 1 is 1.15 bits per heavy atom. The second-order valence-electron chi connectivity index (χ2n) is 6.09. The molecule has 0 fully saturated rings. The Labute approximate surface area is 160 Å². The summed E-state index contributed by atoms with van der Waals surface area (Å²) in [4.78, 5) is 36.2. The fraction of sp³-hybridized carbons (Fsp3) is 0.0952. The first-order valence-corrected chi connectivity index (χ1v) is 8.54. The maximum atomic E-state index is 12.5. The molecule has 0 unspecified atom stereocenters. The van der Waals surface area contributed by atoms with Gasteiger partial charge in [0.25, 0.3) is 0 Å². The number of fused-ring (bicyclic) bond motifs is 1. The average molecular weight is 382 g/mol. The Morgan fingerprint density at radius 3 is 2.67 bits per heavy atom. The maximum Gasteiger partial charge on any atom is 0.248 e. The number of benzene rings is 2. The summed E-state index contributed by atoms with van der Waals surface area (Å²) < 4.78 is 5.45. The average Bonchev–Trinajstić information content (AvgIpc) is 2.63. The largest absolute Gasteiger partial charge is 0.463 e. The summed E-state index contributed by atoms with van der Waals surface area (Å²) in [6.45, 7) is 3.31. The molecule has 0 spiro atoms. The van der Waals surface area contributed by atoms with E-state index in [1.807, 2.05) is 13.0 Å². The summed E-state index contributed by atoms with van der Waals surface area (Å²) in [7, 11) is 0. The molecule has 27 heavy (non-hydrogen) atoms. The number of nitrogens with one attached hydrogen (secondary N) is 1. The van der Waals surface area contributed by atoms with Gasteiger partial charge < -0.3 is 9.73 Å². The van der Waals surface area contributed by atoms with Crippen LogP contribution in [-0.4, -0.2) is 11.7 Å². The first kappa shape index (κ1) is 18.6. The second kappa shape index (κ2) is 7.60. The molecule has 3 aromatic rings. The van der Waals surface area contributed by atoms with Gasteiger partial charge in [-0.2, -0.15) is 0 Å². The standard InChI is InChI=1S/C21H16ClNO4/c1-12-3-7-19-16(9-12)21(26)15(11-27-19)5-8-20(25)23-18-10-14(13(2)24)4-6-17(18)22/h3-11H,1-2H3,(H,23,25)/b8-5+. The van der Waals surface area contributed by atoms with Crippen LogP contribution in [0.5, 0.6) is 0 Å². The Kier molecular flexibility index (Phi) is 5.23. The van der Waals surface area contributed by atoms with E-state index in [0.29, 0.717) is 27.2 Å². The Morgan fingerprint density at radius 2 is 1.93 bits per heavy atom. The first-order valence-electron chi connectivity index (χ1n) is 8.17. The number of amides is 1. The highest BCUT2D eigenvalue weighted by atomic mass is 35.5. The lowest BCUT2D eigenvalue weighted by atomic mass is 10.1. The van der Waals surface area contributed by atoms with Crippen molar-refractivity contribution in [1.82, 2.24) is 0 Å². The molecule has 1 N–H and O–H groups in total. The normalized spacial score (nSPS) is 11.1. The highest BCUT2D eigenvalue weighted by Crippen LogP contribution is 2.23. The summed E-state index contributed by atoms with van der Waals surface area (Å²) in [6.07, 6.45) is 3.91. The Bertz CT molecular complexity index is 1140. The lowest BCUT2D eigenvalue weighted by Crippen LogP contribution is -2.10. The molecule has 0 atom stereocenters. The molecule has 5 nitrogen and oxygen atoms in total. The van der Waals surface area contributed by atoms with Gasteiger partial charge in [0.05, 0.1) is 21.7 Å². The van der Waals surface area contributed by atoms with Crippen LogP contribution in [0.15, 0.2) is 57.9 Å². The van der Waals surface area contributed by atoms with Crippen LogP contribution < -0.4 is 10.7 Å². The zero-order valence-electron chi connectivity index (χ0n) is 14.7. The molecule has 0 aliphatic heterocycles. The highest BCUT2D eigenvalue weighted by molar-refractivity contribution is 6.34. The molecular formula is C21H16ClNO4. The monoisotopic (exact) mass is 381 g/mol. The van der Waals surface area contributed by atoms with Crippen LogP contribution in [-0.2, 0) is 4.79 Å². The van der Waals surface area contributed by atoms with E-state index in [2.05, 4.69) is 5.32 Å². The molecule has 1 heterocycles. The molecular weight excluding hydrogens is 366 g/mol. The van der Waals surface area contributed by atoms with Gasteiger partial charge in [-0.15, -0.1) is 0 Å². The van der Waals surface area contributed by atoms with Crippen LogP contribution in [0.4, 0.5) is 5.69 Å². The molecule has 0 bridgehead atoms. The van der Waals surface area contributed by atoms with E-state index < -0.39 is 5.91 Å². The van der Waals surface area contributed by atoms with Crippen LogP contribution in [0.2, 0.25) is 5.02 Å². The van der Waals surface area contributed by atoms with E-state index >= 15 is 0 Å². The first-order chi connectivity index (χ1) is 12.8. The number of carbonyl (C=O) groups is 2. The number of halogens is 1. The minimum atomic E-state index is -0.485. The number of hydrogen-bond acceptors (Lipinski definition) is 4. The van der Waals surface area contributed by atoms with Gasteiger partial charge >= 0.3 is 0 Å². The van der Waals surface area contributed by atoms with Crippen LogP contribution in [0.3, 0.4) is 0 Å². The molecule has 136 valence electrons. The number of Topliss-reactive ketones (excluding diaryl/α,β-unsaturated/α-hetero) is 1. The van der Waals surface area contributed by atoms with Gasteiger partial charge in [0, 0.05) is 11.6 Å². The van der Waals surface area contributed by atoms with E-state index in [0.717, 1.165) is 5.56 Å². The fourth-order valence-electron chi connectivity index (χ4n) is 2.55. The van der Waals surface area contributed by atoms with Gasteiger partial charge in [0.1, 0.15) is 11.8 Å². The smallest absolute Gasteiger partial charge is 0.248 e. The third-order valence-electron chi connectivity index (χ3n) is 4.00. The van der Waals surface area contributed by atoms with Crippen molar-refractivity contribution in [3.63, 3.8) is 0 Å². The van der Waals surface area contributed by atoms with Crippen molar-refractivity contribution in [3.8, 4) is 0 Å². The van der Waals surface area contributed by atoms with Crippen molar-refractivity contribution >= 4 is 46.0 Å². The van der Waals surface area contributed by atoms with Gasteiger partial charge in [-0.1, -0.05) is 23.2 Å². The SMILES string of the molecule is CC(=O)c1ccc(Cl)c(NC(=O)/C=C/c2coc3ccc(C)cc3c2=O)c1. The van der Waals surface area contributed by atoms with Gasteiger partial charge in [-0.05, 0) is 50.3 Å². The number of aryl methyl sites for hydroxylation is 1. The number of rotatable bonds is 4. The molecule has 3 rings (SSSR count). The topological polar surface area (TPSA) is 76.4 Å². The molecule has 1 amide bonds. The summed E-state index contributed by atoms with van der Waals surface area (Å²) in [5, 5.41) is 3.36. The summed E-state index contributed by atoms with van der Waals surface area (Å²) in [6, 6.07) is 9.95. The molecule has 0 radical (unpaired) electrons. The van der Waals surface area contributed by atoms with E-state index in [4.69, 9.17) is 16.0 Å². The van der Waals surface area contributed by atoms with Gasteiger partial charge in [0.2, 0.25) is 5.91 Å². The van der Waals surface area contributed by atoms with Crippen molar-refractivity contribution in [2.24, 2.45) is 0 Å². The number of anilines is 1. The van der Waals surface area contributed by atoms with Crippen molar-refractivity contribution in [2.45, 2.75) is 13.8 Å². The van der Waals surface area contributed by atoms with Gasteiger partial charge in [0.15, 0.2) is 11.2 Å². The zero-order valence-corrected chi connectivity index (χ0v) is 15.5. The van der Waals surface area contributed by atoms with Crippen LogP contribution in [0.1, 0.15) is 28.4 Å². The third-order valence-corrected chi connectivity index (χ3v) is 4.33. The predicted octanol–water partition coefficient (Wildman–Crippen LogP) is 4.61. The molecule has 0 saturated carbocycles. The number of hydrogen-bond donors (Lipinski definition) is 1. The Hall–Kier alpha value is -3.18. The maximum absolute atomic E-state index is 12.5. The van der Waals surface area contributed by atoms with Crippen LogP contribution in [0, 0.1) is 6.92 Å². The zero-order chi connectivity index (χ0) is 19.6. The van der Waals surface area contributed by atoms with E-state index in [-0.39, 0.29) is 16.8 Å². The molecule has 0 saturated heterocycles. The van der Waals surface area contributed by atoms with Crippen molar-refractivity contribution in [2.75, 3.05) is 5.32 Å². The van der Waals surface area contributed by atoms with E-state index in [9.17, 15) is 14.4 Å². The highest BCUT2D eigenvalue weighted by Gasteiger charge is 2.09. The van der Waals surface area contributed by atoms with E-state index in [1.165, 1.54) is 37.5 Å². The van der Waals surface area contributed by atoms with Crippen molar-refractivity contribution in [1.29, 1.82) is 0 Å². The minimum absolute atomic E-state index is 0.137. The predicted molar refractivity (Wildman–Crippen MR) is 106 cm³/mol. The lowest BCUT2D eigenvalue weighted by molar-refractivity contribution is -0.111. The summed E-state index contributed by atoms with van der Waals surface area (Å²) >= 11 is 6.05. The molecule has 2 aromatic carbocycles. The van der Waals surface area contributed by atoms with E-state index in [1.54, 1.807) is 18.2 Å². The molecule has 6 heteroatoms. The molecule has 0 aliphatic rings. The summed E-state index contributed by atoms with van der Waals surface area (Å²) in [5.41, 5.74) is 2.21. The summed E-state index contributed by atoms with van der Waals surface area (Å²) in [5.74, 6) is -0.622. The van der Waals surface area contributed by atoms with Crippen molar-refractivity contribution < 1.29 is 14.0 Å². The number of ketones is 1. The van der Waals surface area contributed by atoms with Crippen molar-refractivity contribution in [3.05, 3.63) is 80.7 Å². The lowest BCUT2D eigenvalue weighted by Gasteiger charge is -2.06.